The van der Waals surface area contributed by atoms with Gasteiger partial charge in [-0.25, -0.2) is 14.1 Å². The van der Waals surface area contributed by atoms with Crippen LogP contribution in [0.5, 0.6) is 0 Å². The van der Waals surface area contributed by atoms with E-state index in [2.05, 4.69) is 5.32 Å². The summed E-state index contributed by atoms with van der Waals surface area (Å²) in [7, 11) is 0. The molecule has 2 aliphatic heterocycles. The molecule has 0 aliphatic carbocycles. The molecule has 0 aromatic heterocycles. The molecule has 1 saturated heterocycles. The first-order valence-corrected chi connectivity index (χ1v) is 6.33. The van der Waals surface area contributed by atoms with Crippen LogP contribution >= 0.6 is 0 Å². The van der Waals surface area contributed by atoms with Crippen molar-refractivity contribution in [3.63, 3.8) is 0 Å². The largest absolute Gasteiger partial charge is 0.436 e. The maximum atomic E-state index is 14.1. The normalized spacial score (nSPS) is 26.3. The average molecular weight is 286 g/mol. The number of halogens is 3. The molecule has 1 fully saturated rings. The molecule has 1 atom stereocenters. The first kappa shape index (κ1) is 13.2. The van der Waals surface area contributed by atoms with E-state index in [1.165, 1.54) is 12.1 Å². The molecule has 3 rings (SSSR count). The zero-order valence-electron chi connectivity index (χ0n) is 10.5. The zero-order valence-corrected chi connectivity index (χ0v) is 10.5. The van der Waals surface area contributed by atoms with E-state index in [-0.39, 0.29) is 24.3 Å². The minimum atomic E-state index is -2.66. The lowest BCUT2D eigenvalue weighted by Gasteiger charge is -2.44. The Morgan fingerprint density at radius 2 is 2.20 bits per heavy atom. The van der Waals surface area contributed by atoms with Gasteiger partial charge in [0.05, 0.1) is 11.3 Å². The Hall–Kier alpha value is -1.76. The van der Waals surface area contributed by atoms with E-state index in [0.717, 1.165) is 4.90 Å². The second kappa shape index (κ2) is 4.66. The third-order valence-electron chi connectivity index (χ3n) is 3.75. The summed E-state index contributed by atoms with van der Waals surface area (Å²) in [5, 5.41) is 2.41. The number of piperidine rings is 1. The molecule has 1 amide bonds. The van der Waals surface area contributed by atoms with E-state index in [1.807, 2.05) is 0 Å². The summed E-state index contributed by atoms with van der Waals surface area (Å²) in [4.78, 5) is 12.5. The van der Waals surface area contributed by atoms with Crippen LogP contribution in [0.25, 0.3) is 0 Å². The van der Waals surface area contributed by atoms with Crippen LogP contribution in [0.2, 0.25) is 0 Å². The lowest BCUT2D eigenvalue weighted by atomic mass is 9.83. The van der Waals surface area contributed by atoms with Gasteiger partial charge in [-0.2, -0.15) is 8.78 Å². The van der Waals surface area contributed by atoms with E-state index in [0.29, 0.717) is 12.8 Å². The van der Waals surface area contributed by atoms with Gasteiger partial charge in [0.25, 0.3) is 6.55 Å². The molecule has 20 heavy (non-hydrogen) atoms. The van der Waals surface area contributed by atoms with Gasteiger partial charge in [0.15, 0.2) is 5.60 Å². The summed E-state index contributed by atoms with van der Waals surface area (Å²) >= 11 is 0. The Balaban J connectivity index is 2.07. The number of likely N-dealkylation sites (tertiary alicyclic amines) is 1. The number of alkyl halides is 2. The number of fused-ring (bicyclic) bond motifs is 2. The second-order valence-corrected chi connectivity index (χ2v) is 5.02. The summed E-state index contributed by atoms with van der Waals surface area (Å²) in [6.07, 6.45) is 0.00222. The van der Waals surface area contributed by atoms with Gasteiger partial charge in [-0.3, -0.25) is 5.32 Å². The van der Waals surface area contributed by atoms with E-state index in [1.54, 1.807) is 6.07 Å². The van der Waals surface area contributed by atoms with Crippen molar-refractivity contribution in [1.29, 1.82) is 0 Å². The van der Waals surface area contributed by atoms with Crippen LogP contribution in [-0.4, -0.2) is 30.6 Å². The van der Waals surface area contributed by atoms with Crippen molar-refractivity contribution >= 4 is 11.8 Å². The number of nitrogens with one attached hydrogen (secondary N) is 1. The summed E-state index contributed by atoms with van der Waals surface area (Å²) in [5.74, 6) is -0.557. The van der Waals surface area contributed by atoms with Crippen LogP contribution in [0.1, 0.15) is 18.4 Å². The fraction of sp³-hybridized carbons (Fsp3) is 0.462. The average Bonchev–Trinajstić information content (AvgIpc) is 2.38. The molecule has 1 unspecified atom stereocenters. The molecule has 2 aliphatic rings. The number of rotatable bonds is 1. The highest BCUT2D eigenvalue weighted by molar-refractivity contribution is 5.89. The summed E-state index contributed by atoms with van der Waals surface area (Å²) < 4.78 is 45.2. The van der Waals surface area contributed by atoms with E-state index in [9.17, 15) is 18.0 Å². The molecule has 108 valence electrons. The Morgan fingerprint density at radius 3 is 2.95 bits per heavy atom. The third-order valence-corrected chi connectivity index (χ3v) is 3.75. The molecule has 0 saturated carbocycles. The molecule has 4 nitrogen and oxygen atoms in total. The van der Waals surface area contributed by atoms with Crippen LogP contribution in [-0.2, 0) is 10.3 Å². The quantitative estimate of drug-likeness (QED) is 0.807. The molecular formula is C13H13F3N2O2. The molecule has 2 heterocycles. The van der Waals surface area contributed by atoms with Crippen molar-refractivity contribution in [2.45, 2.75) is 25.0 Å². The predicted molar refractivity (Wildman–Crippen MR) is 65.0 cm³/mol. The van der Waals surface area contributed by atoms with Crippen molar-refractivity contribution in [3.05, 3.63) is 29.6 Å². The van der Waals surface area contributed by atoms with Crippen LogP contribution < -0.4 is 5.32 Å². The fourth-order valence-corrected chi connectivity index (χ4v) is 2.96. The van der Waals surface area contributed by atoms with E-state index in [4.69, 9.17) is 4.74 Å². The molecule has 1 aromatic rings. The molecular weight excluding hydrogens is 273 g/mol. The standard InChI is InChI=1S/C13H13F3N2O2/c14-8-3-1-4-9-10(8)13(20-12(19)17-9)5-2-6-18(7-13)11(15)16/h1,3-4,11H,2,5-7H2,(H,17,19). The van der Waals surface area contributed by atoms with Gasteiger partial charge in [0.1, 0.15) is 5.82 Å². The van der Waals surface area contributed by atoms with E-state index < -0.39 is 24.1 Å². The number of carbonyl (C=O) groups excluding carboxylic acids is 1. The smallest absolute Gasteiger partial charge is 0.412 e. The second-order valence-electron chi connectivity index (χ2n) is 5.02. The number of benzene rings is 1. The molecule has 0 radical (unpaired) electrons. The van der Waals surface area contributed by atoms with Crippen molar-refractivity contribution in [2.24, 2.45) is 0 Å². The maximum absolute atomic E-state index is 14.1. The number of amides is 1. The van der Waals surface area contributed by atoms with Crippen LogP contribution in [0, 0.1) is 5.82 Å². The zero-order chi connectivity index (χ0) is 14.3. The number of hydrogen-bond donors (Lipinski definition) is 1. The highest BCUT2D eigenvalue weighted by Crippen LogP contribution is 2.43. The van der Waals surface area contributed by atoms with Crippen molar-refractivity contribution in [2.75, 3.05) is 18.4 Å². The minimum Gasteiger partial charge on any atom is -0.436 e. The Labute approximate surface area is 113 Å². The van der Waals surface area contributed by atoms with Gasteiger partial charge in [0.2, 0.25) is 0 Å². The Bertz CT molecular complexity index is 552. The monoisotopic (exact) mass is 286 g/mol. The topological polar surface area (TPSA) is 41.6 Å². The van der Waals surface area contributed by atoms with Gasteiger partial charge in [-0.1, -0.05) is 6.07 Å². The fourth-order valence-electron chi connectivity index (χ4n) is 2.96. The maximum Gasteiger partial charge on any atom is 0.412 e. The first-order chi connectivity index (χ1) is 9.52. The van der Waals surface area contributed by atoms with Gasteiger partial charge in [0, 0.05) is 13.1 Å². The minimum absolute atomic E-state index is 0.157. The predicted octanol–water partition coefficient (Wildman–Crippen LogP) is 2.90. The lowest BCUT2D eigenvalue weighted by molar-refractivity contribution is -0.113. The number of carbonyl (C=O) groups is 1. The first-order valence-electron chi connectivity index (χ1n) is 6.33. The number of ether oxygens (including phenoxy) is 1. The summed E-state index contributed by atoms with van der Waals surface area (Å²) in [6, 6.07) is 4.24. The van der Waals surface area contributed by atoms with Gasteiger partial charge >= 0.3 is 6.09 Å². The molecule has 1 N–H and O–H groups in total. The lowest BCUT2D eigenvalue weighted by Crippen LogP contribution is -2.53. The highest BCUT2D eigenvalue weighted by Gasteiger charge is 2.48. The highest BCUT2D eigenvalue weighted by atomic mass is 19.3. The van der Waals surface area contributed by atoms with Crippen LogP contribution in [0.3, 0.4) is 0 Å². The molecule has 0 bridgehead atoms. The van der Waals surface area contributed by atoms with E-state index >= 15 is 0 Å². The van der Waals surface area contributed by atoms with Gasteiger partial charge in [-0.05, 0) is 25.0 Å². The van der Waals surface area contributed by atoms with Crippen LogP contribution in [0.15, 0.2) is 18.2 Å². The molecule has 1 spiro atoms. The molecule has 1 aromatic carbocycles. The molecule has 7 heteroatoms. The van der Waals surface area contributed by atoms with Gasteiger partial charge in [-0.15, -0.1) is 0 Å². The van der Waals surface area contributed by atoms with Crippen LogP contribution in [0.4, 0.5) is 23.7 Å². The van der Waals surface area contributed by atoms with Crippen molar-refractivity contribution < 1.29 is 22.7 Å². The van der Waals surface area contributed by atoms with Crippen molar-refractivity contribution in [3.8, 4) is 0 Å². The SMILES string of the molecule is O=C1Nc2cccc(F)c2C2(CCCN(C(F)F)C2)O1. The Kier molecular flexibility index (Phi) is 3.08. The number of hydrogen-bond acceptors (Lipinski definition) is 3. The Morgan fingerprint density at radius 1 is 1.40 bits per heavy atom. The summed E-state index contributed by atoms with van der Waals surface area (Å²) in [6.45, 7) is -2.66. The third kappa shape index (κ3) is 2.02. The number of nitrogens with zero attached hydrogens (tertiary/aromatic N) is 1. The van der Waals surface area contributed by atoms with Gasteiger partial charge < -0.3 is 4.74 Å². The van der Waals surface area contributed by atoms with Crippen molar-refractivity contribution in [1.82, 2.24) is 4.90 Å². The number of anilines is 1. The summed E-state index contributed by atoms with van der Waals surface area (Å²) in [5.41, 5.74) is -0.889.